The Morgan fingerprint density at radius 3 is 2.24 bits per heavy atom. The van der Waals surface area contributed by atoms with Crippen LogP contribution in [-0.4, -0.2) is 9.97 Å². The summed E-state index contributed by atoms with van der Waals surface area (Å²) >= 11 is 0. The molecule has 3 rings (SSSR count). The van der Waals surface area contributed by atoms with Gasteiger partial charge in [0.1, 0.15) is 6.07 Å². The molecule has 0 bridgehead atoms. The van der Waals surface area contributed by atoms with E-state index < -0.39 is 0 Å². The molecule has 0 aliphatic carbocycles. The maximum Gasteiger partial charge on any atom is 0.159 e. The highest BCUT2D eigenvalue weighted by atomic mass is 14.9. The molecule has 1 aromatic heterocycles. The van der Waals surface area contributed by atoms with Gasteiger partial charge in [0.2, 0.25) is 0 Å². The van der Waals surface area contributed by atoms with Crippen molar-refractivity contribution in [3.8, 4) is 17.5 Å². The van der Waals surface area contributed by atoms with Crippen LogP contribution in [0.1, 0.15) is 16.8 Å². The lowest BCUT2D eigenvalue weighted by Gasteiger charge is -2.06. The Morgan fingerprint density at radius 1 is 0.905 bits per heavy atom. The summed E-state index contributed by atoms with van der Waals surface area (Å²) in [6.45, 7) is 0. The van der Waals surface area contributed by atoms with E-state index in [1.54, 1.807) is 6.20 Å². The molecule has 0 atom stereocenters. The highest BCUT2D eigenvalue weighted by molar-refractivity contribution is 5.55. The van der Waals surface area contributed by atoms with E-state index in [9.17, 15) is 5.26 Å². The van der Waals surface area contributed by atoms with Gasteiger partial charge >= 0.3 is 0 Å². The zero-order chi connectivity index (χ0) is 14.5. The maximum absolute atomic E-state index is 9.23. The van der Waals surface area contributed by atoms with Gasteiger partial charge in [-0.1, -0.05) is 60.7 Å². The molecule has 0 spiro atoms. The lowest BCUT2D eigenvalue weighted by Crippen LogP contribution is -2.00. The lowest BCUT2D eigenvalue weighted by atomic mass is 10.1. The van der Waals surface area contributed by atoms with E-state index in [2.05, 4.69) is 16.0 Å². The molecule has 0 saturated heterocycles. The van der Waals surface area contributed by atoms with Crippen molar-refractivity contribution in [1.82, 2.24) is 9.97 Å². The van der Waals surface area contributed by atoms with Gasteiger partial charge in [0.15, 0.2) is 5.82 Å². The van der Waals surface area contributed by atoms with Gasteiger partial charge in [-0.3, -0.25) is 0 Å². The first-order chi connectivity index (χ1) is 10.4. The number of hydrogen-bond acceptors (Lipinski definition) is 3. The van der Waals surface area contributed by atoms with Crippen molar-refractivity contribution in [3.63, 3.8) is 0 Å². The Kier molecular flexibility index (Phi) is 3.70. The average Bonchev–Trinajstić information content (AvgIpc) is 2.56. The molecule has 3 nitrogen and oxygen atoms in total. The highest BCUT2D eigenvalue weighted by Gasteiger charge is 2.09. The Balaban J connectivity index is 2.01. The van der Waals surface area contributed by atoms with Crippen LogP contribution in [0.4, 0.5) is 0 Å². The molecule has 0 fully saturated rings. The van der Waals surface area contributed by atoms with Gasteiger partial charge in [-0.05, 0) is 5.56 Å². The molecular formula is C18H13N3. The molecule has 3 heteroatoms. The van der Waals surface area contributed by atoms with Crippen LogP contribution in [0, 0.1) is 11.3 Å². The van der Waals surface area contributed by atoms with Crippen molar-refractivity contribution in [2.45, 2.75) is 6.42 Å². The summed E-state index contributed by atoms with van der Waals surface area (Å²) in [4.78, 5) is 8.86. The van der Waals surface area contributed by atoms with Crippen LogP contribution < -0.4 is 0 Å². The number of aromatic nitrogens is 2. The fourth-order valence-corrected chi connectivity index (χ4v) is 2.16. The summed E-state index contributed by atoms with van der Waals surface area (Å²) in [5.41, 5.74) is 3.37. The van der Waals surface area contributed by atoms with Crippen molar-refractivity contribution in [1.29, 1.82) is 5.26 Å². The largest absolute Gasteiger partial charge is 0.235 e. The summed E-state index contributed by atoms with van der Waals surface area (Å²) < 4.78 is 0. The first kappa shape index (κ1) is 13.0. The fourth-order valence-electron chi connectivity index (χ4n) is 2.16. The standard InChI is InChI=1S/C18H13N3/c19-12-16-13-20-18(15-9-5-2-6-10-15)21-17(16)11-14-7-3-1-4-8-14/h1-10,13H,11H2. The van der Waals surface area contributed by atoms with Crippen LogP contribution in [0.5, 0.6) is 0 Å². The second-order valence-electron chi connectivity index (χ2n) is 4.69. The van der Waals surface area contributed by atoms with E-state index in [0.29, 0.717) is 17.8 Å². The number of nitrogens with zero attached hydrogens (tertiary/aromatic N) is 3. The van der Waals surface area contributed by atoms with Crippen molar-refractivity contribution in [2.24, 2.45) is 0 Å². The van der Waals surface area contributed by atoms with Crippen LogP contribution in [0.25, 0.3) is 11.4 Å². The monoisotopic (exact) mass is 271 g/mol. The molecule has 0 aliphatic heterocycles. The SMILES string of the molecule is N#Cc1cnc(-c2ccccc2)nc1Cc1ccccc1. The molecule has 1 heterocycles. The maximum atomic E-state index is 9.23. The van der Waals surface area contributed by atoms with E-state index in [1.165, 1.54) is 0 Å². The number of benzene rings is 2. The predicted molar refractivity (Wildman–Crippen MR) is 81.4 cm³/mol. The zero-order valence-corrected chi connectivity index (χ0v) is 11.4. The van der Waals surface area contributed by atoms with E-state index in [4.69, 9.17) is 0 Å². The van der Waals surface area contributed by atoms with Gasteiger partial charge in [-0.15, -0.1) is 0 Å². The third kappa shape index (κ3) is 2.96. The second-order valence-corrected chi connectivity index (χ2v) is 4.69. The molecule has 100 valence electrons. The van der Waals surface area contributed by atoms with E-state index in [1.807, 2.05) is 60.7 Å². The molecule has 21 heavy (non-hydrogen) atoms. The van der Waals surface area contributed by atoms with Crippen LogP contribution in [-0.2, 0) is 6.42 Å². The van der Waals surface area contributed by atoms with Crippen molar-refractivity contribution in [3.05, 3.63) is 83.7 Å². The molecule has 0 aliphatic rings. The summed E-state index contributed by atoms with van der Waals surface area (Å²) in [6, 6.07) is 22.0. The minimum absolute atomic E-state index is 0.526. The quantitative estimate of drug-likeness (QED) is 0.731. The van der Waals surface area contributed by atoms with E-state index in [-0.39, 0.29) is 0 Å². The van der Waals surface area contributed by atoms with Crippen LogP contribution in [0.15, 0.2) is 66.9 Å². The topological polar surface area (TPSA) is 49.6 Å². The zero-order valence-electron chi connectivity index (χ0n) is 11.4. The summed E-state index contributed by atoms with van der Waals surface area (Å²) in [5.74, 6) is 0.653. The predicted octanol–water partition coefficient (Wildman–Crippen LogP) is 3.61. The second kappa shape index (κ2) is 5.98. The summed E-state index contributed by atoms with van der Waals surface area (Å²) in [5, 5.41) is 9.23. The van der Waals surface area contributed by atoms with Crippen molar-refractivity contribution in [2.75, 3.05) is 0 Å². The minimum atomic E-state index is 0.526. The first-order valence-corrected chi connectivity index (χ1v) is 6.72. The summed E-state index contributed by atoms with van der Waals surface area (Å²) in [7, 11) is 0. The Morgan fingerprint density at radius 2 is 1.57 bits per heavy atom. The average molecular weight is 271 g/mol. The van der Waals surface area contributed by atoms with Gasteiger partial charge in [0, 0.05) is 18.2 Å². The number of nitriles is 1. The normalized spacial score (nSPS) is 10.0. The molecule has 2 aromatic carbocycles. The third-order valence-electron chi connectivity index (χ3n) is 3.23. The Bertz CT molecular complexity index is 775. The van der Waals surface area contributed by atoms with Gasteiger partial charge in [0.05, 0.1) is 11.3 Å². The molecular weight excluding hydrogens is 258 g/mol. The summed E-state index contributed by atoms with van der Waals surface area (Å²) in [6.07, 6.45) is 2.24. The van der Waals surface area contributed by atoms with E-state index >= 15 is 0 Å². The van der Waals surface area contributed by atoms with Gasteiger partial charge in [-0.2, -0.15) is 5.26 Å². The van der Waals surface area contributed by atoms with E-state index in [0.717, 1.165) is 16.8 Å². The van der Waals surface area contributed by atoms with Gasteiger partial charge in [-0.25, -0.2) is 9.97 Å². The lowest BCUT2D eigenvalue weighted by molar-refractivity contribution is 1.02. The molecule has 0 radical (unpaired) electrons. The number of hydrogen-bond donors (Lipinski definition) is 0. The van der Waals surface area contributed by atoms with Crippen LogP contribution in [0.2, 0.25) is 0 Å². The Hall–Kier alpha value is -2.99. The van der Waals surface area contributed by atoms with Gasteiger partial charge < -0.3 is 0 Å². The molecule has 0 saturated carbocycles. The van der Waals surface area contributed by atoms with Gasteiger partial charge in [0.25, 0.3) is 0 Å². The fraction of sp³-hybridized carbons (Fsp3) is 0.0556. The Labute approximate surface area is 123 Å². The third-order valence-corrected chi connectivity index (χ3v) is 3.23. The molecule has 0 unspecified atom stereocenters. The van der Waals surface area contributed by atoms with Crippen molar-refractivity contribution < 1.29 is 0 Å². The van der Waals surface area contributed by atoms with Crippen LogP contribution in [0.3, 0.4) is 0 Å². The molecule has 3 aromatic rings. The molecule has 0 N–H and O–H groups in total. The first-order valence-electron chi connectivity index (χ1n) is 6.72. The number of rotatable bonds is 3. The smallest absolute Gasteiger partial charge is 0.159 e. The van der Waals surface area contributed by atoms with Crippen molar-refractivity contribution >= 4 is 0 Å². The minimum Gasteiger partial charge on any atom is -0.235 e. The molecule has 0 amide bonds. The highest BCUT2D eigenvalue weighted by Crippen LogP contribution is 2.17. The van der Waals surface area contributed by atoms with Crippen LogP contribution >= 0.6 is 0 Å².